The Balaban J connectivity index is 1.86. The van der Waals surface area contributed by atoms with Gasteiger partial charge in [0.1, 0.15) is 5.69 Å². The van der Waals surface area contributed by atoms with E-state index in [1.165, 1.54) is 0 Å². The molecule has 0 saturated heterocycles. The number of pyridine rings is 1. The van der Waals surface area contributed by atoms with E-state index in [0.717, 1.165) is 16.6 Å². The molecule has 0 atom stereocenters. The van der Waals surface area contributed by atoms with Crippen molar-refractivity contribution in [2.45, 2.75) is 13.8 Å². The number of aromatic amines is 1. The average molecular weight is 366 g/mol. The first kappa shape index (κ1) is 18.4. The first-order valence-electron chi connectivity index (χ1n) is 8.86. The lowest BCUT2D eigenvalue weighted by molar-refractivity contribution is -0.134. The maximum atomic E-state index is 12.7. The molecule has 0 unspecified atom stereocenters. The van der Waals surface area contributed by atoms with Crippen molar-refractivity contribution in [3.8, 4) is 0 Å². The van der Waals surface area contributed by atoms with Gasteiger partial charge in [-0.05, 0) is 32.0 Å². The molecule has 0 radical (unpaired) electrons. The quantitative estimate of drug-likeness (QED) is 0.626. The third-order valence-electron chi connectivity index (χ3n) is 4.30. The second kappa shape index (κ2) is 8.35. The molecule has 1 amide bonds. The van der Waals surface area contributed by atoms with Crippen LogP contribution in [0.4, 0.5) is 11.4 Å². The maximum Gasteiger partial charge on any atom is 0.357 e. The van der Waals surface area contributed by atoms with Gasteiger partial charge in [0.15, 0.2) is 6.61 Å². The fourth-order valence-corrected chi connectivity index (χ4v) is 2.87. The first-order valence-corrected chi connectivity index (χ1v) is 8.86. The van der Waals surface area contributed by atoms with Crippen LogP contribution in [0.15, 0.2) is 48.8 Å². The Labute approximate surface area is 157 Å². The number of nitrogens with one attached hydrogen (secondary N) is 2. The number of para-hydroxylation sites is 1. The molecule has 3 rings (SSSR count). The fraction of sp³-hybridized carbons (Fsp3) is 0.250. The molecular formula is C20H22N4O3. The maximum absolute atomic E-state index is 12.7. The van der Waals surface area contributed by atoms with Crippen molar-refractivity contribution < 1.29 is 14.3 Å². The summed E-state index contributed by atoms with van der Waals surface area (Å²) in [7, 11) is 0. The fourth-order valence-electron chi connectivity index (χ4n) is 2.87. The number of fused-ring (bicyclic) bond motifs is 1. The van der Waals surface area contributed by atoms with Crippen molar-refractivity contribution in [3.05, 3.63) is 54.5 Å². The van der Waals surface area contributed by atoms with Gasteiger partial charge in [0, 0.05) is 42.1 Å². The molecule has 0 fully saturated rings. The van der Waals surface area contributed by atoms with E-state index in [-0.39, 0.29) is 18.2 Å². The van der Waals surface area contributed by atoms with Crippen LogP contribution in [0.5, 0.6) is 0 Å². The van der Waals surface area contributed by atoms with Crippen LogP contribution in [0.2, 0.25) is 0 Å². The van der Waals surface area contributed by atoms with Gasteiger partial charge in [-0.25, -0.2) is 4.79 Å². The molecule has 140 valence electrons. The molecule has 0 spiro atoms. The number of H-pyrrole nitrogens is 1. The van der Waals surface area contributed by atoms with Gasteiger partial charge >= 0.3 is 5.97 Å². The third-order valence-corrected chi connectivity index (χ3v) is 4.30. The monoisotopic (exact) mass is 366 g/mol. The zero-order valence-corrected chi connectivity index (χ0v) is 15.4. The lowest BCUT2D eigenvalue weighted by Gasteiger charge is -2.18. The number of esters is 1. The molecule has 2 N–H and O–H groups in total. The second-order valence-corrected chi connectivity index (χ2v) is 5.92. The van der Waals surface area contributed by atoms with Crippen LogP contribution in [0.25, 0.3) is 10.9 Å². The molecule has 0 aliphatic heterocycles. The number of hydrogen-bond acceptors (Lipinski definition) is 5. The predicted molar refractivity (Wildman–Crippen MR) is 104 cm³/mol. The summed E-state index contributed by atoms with van der Waals surface area (Å²) in [6.07, 6.45) is 3.33. The summed E-state index contributed by atoms with van der Waals surface area (Å²) in [4.78, 5) is 33.5. The molecule has 7 nitrogen and oxygen atoms in total. The van der Waals surface area contributed by atoms with Crippen molar-refractivity contribution in [2.24, 2.45) is 0 Å². The number of anilines is 2. The van der Waals surface area contributed by atoms with Crippen molar-refractivity contribution >= 4 is 34.2 Å². The van der Waals surface area contributed by atoms with Crippen molar-refractivity contribution in [2.75, 3.05) is 25.0 Å². The van der Waals surface area contributed by atoms with Crippen LogP contribution >= 0.6 is 0 Å². The molecule has 0 aliphatic rings. The first-order chi connectivity index (χ1) is 13.1. The minimum Gasteiger partial charge on any atom is -0.451 e. The van der Waals surface area contributed by atoms with Crippen molar-refractivity contribution in [1.82, 2.24) is 14.9 Å². The number of carbonyl (C=O) groups excluding carboxylic acids is 2. The normalized spacial score (nSPS) is 10.6. The number of ether oxygens (including phenoxy) is 1. The second-order valence-electron chi connectivity index (χ2n) is 5.92. The van der Waals surface area contributed by atoms with Gasteiger partial charge in [0.2, 0.25) is 0 Å². The summed E-state index contributed by atoms with van der Waals surface area (Å²) >= 11 is 0. The standard InChI is InChI=1S/C20H22N4O3/c1-3-24(4-2)17(25)13-27-20(26)19-18(22-14-9-11-21-12-10-14)15-7-5-6-8-16(15)23-19/h5-12,23H,3-4,13H2,1-2H3,(H,21,22). The van der Waals surface area contributed by atoms with E-state index in [1.54, 1.807) is 29.4 Å². The van der Waals surface area contributed by atoms with Gasteiger partial charge in [-0.15, -0.1) is 0 Å². The molecule has 2 heterocycles. The highest BCUT2D eigenvalue weighted by Gasteiger charge is 2.21. The van der Waals surface area contributed by atoms with Gasteiger partial charge < -0.3 is 19.9 Å². The zero-order chi connectivity index (χ0) is 19.2. The predicted octanol–water partition coefficient (Wildman–Crippen LogP) is 3.33. The molecule has 2 aromatic heterocycles. The molecule has 7 heteroatoms. The van der Waals surface area contributed by atoms with E-state index < -0.39 is 5.97 Å². The number of hydrogen-bond donors (Lipinski definition) is 2. The van der Waals surface area contributed by atoms with E-state index >= 15 is 0 Å². The zero-order valence-electron chi connectivity index (χ0n) is 15.4. The molecule has 27 heavy (non-hydrogen) atoms. The highest BCUT2D eigenvalue weighted by molar-refractivity contribution is 6.07. The average Bonchev–Trinajstić information content (AvgIpc) is 3.06. The number of carbonyl (C=O) groups is 2. The van der Waals surface area contributed by atoms with Crippen molar-refractivity contribution in [1.29, 1.82) is 0 Å². The van der Waals surface area contributed by atoms with Gasteiger partial charge in [0.25, 0.3) is 5.91 Å². The lowest BCUT2D eigenvalue weighted by Crippen LogP contribution is -2.34. The summed E-state index contributed by atoms with van der Waals surface area (Å²) < 4.78 is 5.27. The van der Waals surface area contributed by atoms with E-state index in [1.807, 2.05) is 38.1 Å². The topological polar surface area (TPSA) is 87.3 Å². The third kappa shape index (κ3) is 4.08. The number of nitrogens with zero attached hydrogens (tertiary/aromatic N) is 2. The molecule has 0 saturated carbocycles. The summed E-state index contributed by atoms with van der Waals surface area (Å²) in [5, 5.41) is 4.10. The Morgan fingerprint density at radius 1 is 1.11 bits per heavy atom. The Morgan fingerprint density at radius 2 is 1.81 bits per heavy atom. The van der Waals surface area contributed by atoms with Gasteiger partial charge in [-0.2, -0.15) is 0 Å². The molecule has 0 aliphatic carbocycles. The van der Waals surface area contributed by atoms with E-state index in [9.17, 15) is 9.59 Å². The largest absolute Gasteiger partial charge is 0.451 e. The number of aromatic nitrogens is 2. The summed E-state index contributed by atoms with van der Waals surface area (Å²) in [6, 6.07) is 11.2. The van der Waals surface area contributed by atoms with Gasteiger partial charge in [-0.1, -0.05) is 18.2 Å². The highest BCUT2D eigenvalue weighted by Crippen LogP contribution is 2.30. The smallest absolute Gasteiger partial charge is 0.357 e. The highest BCUT2D eigenvalue weighted by atomic mass is 16.5. The lowest BCUT2D eigenvalue weighted by atomic mass is 10.2. The number of benzene rings is 1. The Morgan fingerprint density at radius 3 is 2.52 bits per heavy atom. The molecular weight excluding hydrogens is 344 g/mol. The molecule has 1 aromatic carbocycles. The molecule has 3 aromatic rings. The van der Waals surface area contributed by atoms with Crippen LogP contribution < -0.4 is 5.32 Å². The van der Waals surface area contributed by atoms with Crippen LogP contribution in [0.3, 0.4) is 0 Å². The number of likely N-dealkylation sites (N-methyl/N-ethyl adjacent to an activating group) is 1. The van der Waals surface area contributed by atoms with Crippen LogP contribution in [0.1, 0.15) is 24.3 Å². The van der Waals surface area contributed by atoms with Gasteiger partial charge in [-0.3, -0.25) is 9.78 Å². The minimum absolute atomic E-state index is 0.215. The van der Waals surface area contributed by atoms with E-state index in [2.05, 4.69) is 15.3 Å². The number of amides is 1. The van der Waals surface area contributed by atoms with Gasteiger partial charge in [0.05, 0.1) is 5.69 Å². The van der Waals surface area contributed by atoms with Crippen LogP contribution in [0, 0.1) is 0 Å². The minimum atomic E-state index is -0.580. The van der Waals surface area contributed by atoms with E-state index in [0.29, 0.717) is 18.8 Å². The Bertz CT molecular complexity index is 933. The molecule has 0 bridgehead atoms. The Kier molecular flexibility index (Phi) is 5.71. The van der Waals surface area contributed by atoms with Crippen LogP contribution in [-0.2, 0) is 9.53 Å². The summed E-state index contributed by atoms with van der Waals surface area (Å²) in [6.45, 7) is 4.64. The van der Waals surface area contributed by atoms with E-state index in [4.69, 9.17) is 4.74 Å². The van der Waals surface area contributed by atoms with Crippen molar-refractivity contribution in [3.63, 3.8) is 0 Å². The number of rotatable bonds is 7. The Hall–Kier alpha value is -3.35. The van der Waals surface area contributed by atoms with Crippen LogP contribution in [-0.4, -0.2) is 46.4 Å². The SMILES string of the molecule is CCN(CC)C(=O)COC(=O)c1[nH]c2ccccc2c1Nc1ccncc1. The summed E-state index contributed by atoms with van der Waals surface area (Å²) in [5.41, 5.74) is 2.48. The summed E-state index contributed by atoms with van der Waals surface area (Å²) in [5.74, 6) is -0.795.